The van der Waals surface area contributed by atoms with Gasteiger partial charge in [-0.3, -0.25) is 4.79 Å². The molecule has 1 amide bonds. The molecule has 0 fully saturated rings. The van der Waals surface area contributed by atoms with Crippen molar-refractivity contribution in [3.63, 3.8) is 0 Å². The fourth-order valence-electron chi connectivity index (χ4n) is 2.58. The first-order valence-corrected chi connectivity index (χ1v) is 9.88. The average Bonchev–Trinajstić information content (AvgIpc) is 3.29. The van der Waals surface area contributed by atoms with Crippen molar-refractivity contribution in [3.05, 3.63) is 53.5 Å². The normalized spacial score (nSPS) is 11.1. The van der Waals surface area contributed by atoms with Crippen LogP contribution in [0.2, 0.25) is 0 Å². The number of hydrogen-bond acceptors (Lipinski definition) is 6. The van der Waals surface area contributed by atoms with Crippen LogP contribution >= 0.6 is 11.8 Å². The topological polar surface area (TPSA) is 81.2 Å². The summed E-state index contributed by atoms with van der Waals surface area (Å²) >= 11 is 1.22. The highest BCUT2D eigenvalue weighted by atomic mass is 32.2. The van der Waals surface area contributed by atoms with Gasteiger partial charge in [0.2, 0.25) is 5.91 Å². The van der Waals surface area contributed by atoms with Crippen molar-refractivity contribution in [1.82, 2.24) is 15.5 Å². The molecule has 0 unspecified atom stereocenters. The molecule has 0 saturated heterocycles. The third-order valence-corrected chi connectivity index (χ3v) is 5.02. The second kappa shape index (κ2) is 8.90. The maximum Gasteiger partial charge on any atom is 0.277 e. The van der Waals surface area contributed by atoms with Crippen LogP contribution in [0.4, 0.5) is 0 Å². The van der Waals surface area contributed by atoms with E-state index in [1.54, 1.807) is 12.3 Å². The van der Waals surface area contributed by atoms with Crippen molar-refractivity contribution >= 4 is 17.7 Å². The third-order valence-electron chi connectivity index (χ3n) is 4.20. The number of aromatic nitrogens is 2. The molecular weight excluding hydrogens is 362 g/mol. The van der Waals surface area contributed by atoms with Crippen LogP contribution in [0.3, 0.4) is 0 Å². The van der Waals surface area contributed by atoms with Crippen LogP contribution in [-0.4, -0.2) is 28.4 Å². The lowest BCUT2D eigenvalue weighted by Gasteiger charge is -2.07. The van der Waals surface area contributed by atoms with Crippen LogP contribution in [0.5, 0.6) is 0 Å². The van der Waals surface area contributed by atoms with E-state index in [2.05, 4.69) is 53.6 Å². The number of thioether (sulfide) groups is 1. The zero-order valence-corrected chi connectivity index (χ0v) is 16.5. The zero-order valence-electron chi connectivity index (χ0n) is 15.7. The summed E-state index contributed by atoms with van der Waals surface area (Å²) < 4.78 is 10.8. The molecule has 0 saturated carbocycles. The highest BCUT2D eigenvalue weighted by Gasteiger charge is 2.14. The van der Waals surface area contributed by atoms with Crippen LogP contribution in [-0.2, 0) is 11.2 Å². The van der Waals surface area contributed by atoms with E-state index in [4.69, 9.17) is 8.83 Å². The summed E-state index contributed by atoms with van der Waals surface area (Å²) in [4.78, 5) is 12.0. The molecule has 1 aromatic carbocycles. The lowest BCUT2D eigenvalue weighted by molar-refractivity contribution is -0.118. The average molecular weight is 385 g/mol. The molecule has 142 valence electrons. The zero-order chi connectivity index (χ0) is 19.2. The molecule has 0 radical (unpaired) electrons. The van der Waals surface area contributed by atoms with Crippen LogP contribution in [0.15, 0.2) is 50.7 Å². The molecule has 0 spiro atoms. The van der Waals surface area contributed by atoms with Crippen molar-refractivity contribution in [2.45, 2.75) is 38.3 Å². The van der Waals surface area contributed by atoms with Crippen LogP contribution < -0.4 is 5.32 Å². The lowest BCUT2D eigenvalue weighted by atomic mass is 10.0. The smallest absolute Gasteiger partial charge is 0.277 e. The molecule has 0 atom stereocenters. The van der Waals surface area contributed by atoms with E-state index in [0.29, 0.717) is 23.6 Å². The third kappa shape index (κ3) is 5.23. The fraction of sp³-hybridized carbons (Fsp3) is 0.350. The number of rotatable bonds is 8. The van der Waals surface area contributed by atoms with E-state index in [1.807, 2.05) is 6.92 Å². The van der Waals surface area contributed by atoms with Gasteiger partial charge in [0.1, 0.15) is 5.76 Å². The van der Waals surface area contributed by atoms with Gasteiger partial charge in [0.25, 0.3) is 11.1 Å². The molecule has 0 aliphatic rings. The van der Waals surface area contributed by atoms with E-state index in [0.717, 1.165) is 17.7 Å². The fourth-order valence-corrected chi connectivity index (χ4v) is 3.17. The Balaban J connectivity index is 1.41. The number of nitrogens with one attached hydrogen (secondary N) is 1. The Kier molecular flexibility index (Phi) is 6.34. The second-order valence-corrected chi connectivity index (χ2v) is 7.48. The quantitative estimate of drug-likeness (QED) is 0.585. The molecule has 7 heteroatoms. The molecule has 1 N–H and O–H groups in total. The van der Waals surface area contributed by atoms with Crippen LogP contribution in [0.25, 0.3) is 11.5 Å². The Labute approximate surface area is 162 Å². The Hall–Kier alpha value is -2.54. The number of carbonyl (C=O) groups is 1. The van der Waals surface area contributed by atoms with Crippen molar-refractivity contribution in [1.29, 1.82) is 0 Å². The van der Waals surface area contributed by atoms with E-state index in [1.165, 1.54) is 22.9 Å². The largest absolute Gasteiger partial charge is 0.469 e. The molecule has 27 heavy (non-hydrogen) atoms. The predicted octanol–water partition coefficient (Wildman–Crippen LogP) is 4.21. The van der Waals surface area contributed by atoms with E-state index in [9.17, 15) is 4.79 Å². The monoisotopic (exact) mass is 385 g/mol. The van der Waals surface area contributed by atoms with E-state index >= 15 is 0 Å². The van der Waals surface area contributed by atoms with Gasteiger partial charge in [-0.2, -0.15) is 0 Å². The van der Waals surface area contributed by atoms with Gasteiger partial charge in [-0.1, -0.05) is 49.9 Å². The Morgan fingerprint density at radius 3 is 2.63 bits per heavy atom. The van der Waals surface area contributed by atoms with Crippen molar-refractivity contribution < 1.29 is 13.6 Å². The van der Waals surface area contributed by atoms with Gasteiger partial charge in [-0.05, 0) is 36.5 Å². The highest BCUT2D eigenvalue weighted by molar-refractivity contribution is 7.99. The Morgan fingerprint density at radius 2 is 1.96 bits per heavy atom. The second-order valence-electron chi connectivity index (χ2n) is 6.55. The number of hydrogen-bond donors (Lipinski definition) is 1. The molecule has 2 aromatic heterocycles. The molecule has 0 aliphatic carbocycles. The van der Waals surface area contributed by atoms with Gasteiger partial charge in [0, 0.05) is 6.54 Å². The molecule has 3 aromatic rings. The minimum Gasteiger partial charge on any atom is -0.469 e. The summed E-state index contributed by atoms with van der Waals surface area (Å²) in [5, 5.41) is 11.2. The molecule has 3 rings (SSSR count). The summed E-state index contributed by atoms with van der Waals surface area (Å²) in [6.07, 6.45) is 2.38. The van der Waals surface area contributed by atoms with Gasteiger partial charge < -0.3 is 14.2 Å². The van der Waals surface area contributed by atoms with Crippen molar-refractivity contribution in [3.8, 4) is 11.5 Å². The predicted molar refractivity (Wildman–Crippen MR) is 105 cm³/mol. The van der Waals surface area contributed by atoms with Gasteiger partial charge in [-0.15, -0.1) is 10.2 Å². The summed E-state index contributed by atoms with van der Waals surface area (Å²) in [6.45, 7) is 6.78. The van der Waals surface area contributed by atoms with Crippen LogP contribution in [0.1, 0.15) is 36.7 Å². The van der Waals surface area contributed by atoms with Gasteiger partial charge in [0.15, 0.2) is 0 Å². The minimum absolute atomic E-state index is 0.0574. The van der Waals surface area contributed by atoms with Gasteiger partial charge in [0.05, 0.1) is 17.6 Å². The number of benzene rings is 1. The molecule has 6 nitrogen and oxygen atoms in total. The maximum absolute atomic E-state index is 12.0. The van der Waals surface area contributed by atoms with Crippen molar-refractivity contribution in [2.24, 2.45) is 0 Å². The number of amides is 1. The standard InChI is InChI=1S/C20H23N3O3S/c1-13(2)16-6-4-15(5-7-16)8-10-21-18(24)12-27-20-23-22-19(26-20)17-9-11-25-14(17)3/h4-7,9,11,13H,8,10,12H2,1-3H3,(H,21,24). The SMILES string of the molecule is Cc1occc1-c1nnc(SCC(=O)NCCc2ccc(C(C)C)cc2)o1. The summed E-state index contributed by atoms with van der Waals surface area (Å²) in [7, 11) is 0. The molecule has 0 bridgehead atoms. The minimum atomic E-state index is -0.0574. The first-order chi connectivity index (χ1) is 13.0. The Bertz CT molecular complexity index is 884. The number of carbonyl (C=O) groups excluding carboxylic acids is 1. The van der Waals surface area contributed by atoms with E-state index in [-0.39, 0.29) is 11.7 Å². The van der Waals surface area contributed by atoms with Crippen LogP contribution in [0, 0.1) is 6.92 Å². The Morgan fingerprint density at radius 1 is 1.19 bits per heavy atom. The van der Waals surface area contributed by atoms with E-state index < -0.39 is 0 Å². The molecular formula is C20H23N3O3S. The number of furan rings is 1. The number of nitrogens with zero attached hydrogens (tertiary/aromatic N) is 2. The van der Waals surface area contributed by atoms with Gasteiger partial charge in [-0.25, -0.2) is 0 Å². The summed E-state index contributed by atoms with van der Waals surface area (Å²) in [6, 6.07) is 10.3. The first kappa shape index (κ1) is 19.2. The molecule has 0 aliphatic heterocycles. The number of aryl methyl sites for hydroxylation is 1. The van der Waals surface area contributed by atoms with Crippen molar-refractivity contribution in [2.75, 3.05) is 12.3 Å². The first-order valence-electron chi connectivity index (χ1n) is 8.89. The maximum atomic E-state index is 12.0. The van der Waals surface area contributed by atoms with Gasteiger partial charge >= 0.3 is 0 Å². The summed E-state index contributed by atoms with van der Waals surface area (Å²) in [5.74, 6) is 1.82. The highest BCUT2D eigenvalue weighted by Crippen LogP contribution is 2.26. The lowest BCUT2D eigenvalue weighted by Crippen LogP contribution is -2.27. The summed E-state index contributed by atoms with van der Waals surface area (Å²) in [5.41, 5.74) is 3.30. The molecule has 2 heterocycles.